The third kappa shape index (κ3) is 2.57. The van der Waals surface area contributed by atoms with Crippen LogP contribution in [0.5, 0.6) is 11.6 Å². The molecule has 0 saturated carbocycles. The normalized spacial score (nSPS) is 13.6. The molecule has 1 aliphatic rings. The van der Waals surface area contributed by atoms with Gasteiger partial charge in [0.05, 0.1) is 13.7 Å². The summed E-state index contributed by atoms with van der Waals surface area (Å²) in [7, 11) is -2.82. The maximum absolute atomic E-state index is 11.5. The fourth-order valence-electron chi connectivity index (χ4n) is 2.30. The molecule has 0 spiro atoms. The van der Waals surface area contributed by atoms with Gasteiger partial charge in [-0.15, -0.1) is 0 Å². The Labute approximate surface area is 122 Å². The van der Waals surface area contributed by atoms with Crippen LogP contribution >= 0.6 is 0 Å². The van der Waals surface area contributed by atoms with Crippen molar-refractivity contribution in [1.82, 2.24) is 4.98 Å². The van der Waals surface area contributed by atoms with Crippen LogP contribution in [0.2, 0.25) is 0 Å². The van der Waals surface area contributed by atoms with E-state index >= 15 is 0 Å². The van der Waals surface area contributed by atoms with Crippen LogP contribution in [0.1, 0.15) is 5.56 Å². The molecule has 7 heteroatoms. The maximum atomic E-state index is 11.5. The summed E-state index contributed by atoms with van der Waals surface area (Å²) in [6.07, 6.45) is 2.19. The van der Waals surface area contributed by atoms with Crippen molar-refractivity contribution in [2.24, 2.45) is 0 Å². The van der Waals surface area contributed by atoms with Gasteiger partial charge in [0.15, 0.2) is 0 Å². The molecule has 3 rings (SSSR count). The number of rotatable bonds is 3. The van der Waals surface area contributed by atoms with Crippen molar-refractivity contribution in [2.45, 2.75) is 11.3 Å². The molecule has 6 nitrogen and oxygen atoms in total. The van der Waals surface area contributed by atoms with Crippen LogP contribution in [-0.2, 0) is 16.5 Å². The lowest BCUT2D eigenvalue weighted by atomic mass is 10.0. The number of nitrogens with zero attached hydrogens (tertiary/aromatic N) is 1. The van der Waals surface area contributed by atoms with Gasteiger partial charge in [-0.1, -0.05) is 0 Å². The molecule has 1 aromatic heterocycles. The van der Waals surface area contributed by atoms with E-state index in [0.29, 0.717) is 24.5 Å². The molecule has 2 aromatic rings. The van der Waals surface area contributed by atoms with Gasteiger partial charge in [-0.2, -0.15) is 8.42 Å². The molecule has 2 heterocycles. The molecule has 0 bridgehead atoms. The Morgan fingerprint density at radius 3 is 2.71 bits per heavy atom. The minimum atomic E-state index is -4.34. The van der Waals surface area contributed by atoms with Crippen LogP contribution in [0.4, 0.5) is 0 Å². The Morgan fingerprint density at radius 2 is 2.10 bits per heavy atom. The summed E-state index contributed by atoms with van der Waals surface area (Å²) in [5, 5.41) is 0. The van der Waals surface area contributed by atoms with E-state index in [1.54, 1.807) is 18.3 Å². The first-order valence-corrected chi connectivity index (χ1v) is 7.70. The Balaban J connectivity index is 2.15. The topological polar surface area (TPSA) is 85.7 Å². The zero-order chi connectivity index (χ0) is 15.0. The molecular weight excluding hydrogens is 294 g/mol. The fourth-order valence-corrected chi connectivity index (χ4v) is 3.00. The van der Waals surface area contributed by atoms with E-state index in [0.717, 1.165) is 11.1 Å². The van der Waals surface area contributed by atoms with Crippen LogP contribution < -0.4 is 9.47 Å². The molecule has 0 radical (unpaired) electrons. The molecule has 0 saturated heterocycles. The molecule has 21 heavy (non-hydrogen) atoms. The van der Waals surface area contributed by atoms with Crippen molar-refractivity contribution in [3.8, 4) is 22.8 Å². The number of aromatic nitrogens is 1. The largest absolute Gasteiger partial charge is 0.491 e. The summed E-state index contributed by atoms with van der Waals surface area (Å²) in [5.41, 5.74) is 2.15. The van der Waals surface area contributed by atoms with Crippen molar-refractivity contribution in [2.75, 3.05) is 13.7 Å². The summed E-state index contributed by atoms with van der Waals surface area (Å²) in [6, 6.07) is 6.70. The van der Waals surface area contributed by atoms with Gasteiger partial charge >= 0.3 is 0 Å². The second kappa shape index (κ2) is 5.01. The average Bonchev–Trinajstić information content (AvgIpc) is 2.93. The summed E-state index contributed by atoms with van der Waals surface area (Å²) in [5.74, 6) is 0.709. The monoisotopic (exact) mass is 307 g/mol. The van der Waals surface area contributed by atoms with Crippen LogP contribution in [0.25, 0.3) is 11.1 Å². The maximum Gasteiger partial charge on any atom is 0.298 e. The molecule has 110 valence electrons. The molecule has 0 aliphatic carbocycles. The quantitative estimate of drug-likeness (QED) is 0.872. The van der Waals surface area contributed by atoms with E-state index in [4.69, 9.17) is 9.47 Å². The zero-order valence-corrected chi connectivity index (χ0v) is 12.1. The van der Waals surface area contributed by atoms with Gasteiger partial charge in [0.2, 0.25) is 5.88 Å². The van der Waals surface area contributed by atoms with Crippen molar-refractivity contribution in [3.05, 3.63) is 36.0 Å². The second-order valence-corrected chi connectivity index (χ2v) is 6.02. The third-order valence-electron chi connectivity index (χ3n) is 3.31. The van der Waals surface area contributed by atoms with Gasteiger partial charge < -0.3 is 9.47 Å². The second-order valence-electron chi connectivity index (χ2n) is 4.63. The number of methoxy groups -OCH3 is 1. The van der Waals surface area contributed by atoms with E-state index in [-0.39, 0.29) is 10.6 Å². The highest BCUT2D eigenvalue weighted by Crippen LogP contribution is 2.37. The van der Waals surface area contributed by atoms with Gasteiger partial charge in [0, 0.05) is 24.2 Å². The minimum absolute atomic E-state index is 0.205. The highest BCUT2D eigenvalue weighted by molar-refractivity contribution is 7.86. The number of ether oxygens (including phenoxy) is 2. The third-order valence-corrected chi connectivity index (χ3v) is 4.17. The predicted molar refractivity (Wildman–Crippen MR) is 75.2 cm³/mol. The van der Waals surface area contributed by atoms with E-state index in [2.05, 4.69) is 4.98 Å². The smallest absolute Gasteiger partial charge is 0.298 e. The molecule has 0 unspecified atom stereocenters. The first-order chi connectivity index (χ1) is 9.99. The van der Waals surface area contributed by atoms with Crippen molar-refractivity contribution in [3.63, 3.8) is 0 Å². The van der Waals surface area contributed by atoms with Crippen LogP contribution in [0.3, 0.4) is 0 Å². The van der Waals surface area contributed by atoms with E-state index in [9.17, 15) is 13.0 Å². The summed E-state index contributed by atoms with van der Waals surface area (Å²) in [6.45, 7) is 0.405. The minimum Gasteiger partial charge on any atom is -0.491 e. The number of hydrogen-bond donors (Lipinski definition) is 1. The average molecular weight is 307 g/mol. The lowest BCUT2D eigenvalue weighted by Gasteiger charge is -2.09. The first kappa shape index (κ1) is 13.8. The molecular formula is C14H13NO5S. The van der Waals surface area contributed by atoms with Gasteiger partial charge in [0.1, 0.15) is 10.6 Å². The van der Waals surface area contributed by atoms with Crippen molar-refractivity contribution >= 4 is 10.1 Å². The van der Waals surface area contributed by atoms with Gasteiger partial charge in [-0.05, 0) is 29.3 Å². The Morgan fingerprint density at radius 1 is 1.29 bits per heavy atom. The Bertz CT molecular complexity index is 784. The Hall–Kier alpha value is -2.12. The van der Waals surface area contributed by atoms with Gasteiger partial charge in [-0.3, -0.25) is 4.55 Å². The molecule has 0 amide bonds. The van der Waals surface area contributed by atoms with E-state index < -0.39 is 10.1 Å². The van der Waals surface area contributed by atoms with Gasteiger partial charge in [0.25, 0.3) is 10.1 Å². The van der Waals surface area contributed by atoms with Crippen LogP contribution in [0, 0.1) is 0 Å². The van der Waals surface area contributed by atoms with Gasteiger partial charge in [-0.25, -0.2) is 4.98 Å². The number of hydrogen-bond acceptors (Lipinski definition) is 5. The summed E-state index contributed by atoms with van der Waals surface area (Å²) in [4.78, 5) is 3.89. The SMILES string of the molecule is COc1ccc(-c2cc3c(c(S(=O)(=O)O)c2)OCC3)cn1. The highest BCUT2D eigenvalue weighted by atomic mass is 32.2. The first-order valence-electron chi connectivity index (χ1n) is 6.26. The summed E-state index contributed by atoms with van der Waals surface area (Å²) < 4.78 is 42.7. The highest BCUT2D eigenvalue weighted by Gasteiger charge is 2.25. The van der Waals surface area contributed by atoms with Crippen LogP contribution in [0.15, 0.2) is 35.4 Å². The molecule has 0 fully saturated rings. The Kier molecular flexibility index (Phi) is 3.30. The molecule has 1 aromatic carbocycles. The predicted octanol–water partition coefficient (Wildman–Crippen LogP) is 1.94. The van der Waals surface area contributed by atoms with Crippen LogP contribution in [-0.4, -0.2) is 31.7 Å². The molecule has 0 atom stereocenters. The van der Waals surface area contributed by atoms with Crippen molar-refractivity contribution < 1.29 is 22.4 Å². The van der Waals surface area contributed by atoms with E-state index in [1.807, 2.05) is 6.07 Å². The fraction of sp³-hybridized carbons (Fsp3) is 0.214. The van der Waals surface area contributed by atoms with E-state index in [1.165, 1.54) is 13.2 Å². The zero-order valence-electron chi connectivity index (χ0n) is 11.2. The van der Waals surface area contributed by atoms with Crippen molar-refractivity contribution in [1.29, 1.82) is 0 Å². The standard InChI is InChI=1S/C14H13NO5S/c1-19-13-3-2-10(8-15-13)11-6-9-4-5-20-14(9)12(7-11)21(16,17)18/h2-3,6-8H,4-5H2,1H3,(H,16,17,18). The number of benzene rings is 1. The molecule has 1 aliphatic heterocycles. The number of fused-ring (bicyclic) bond motifs is 1. The summed E-state index contributed by atoms with van der Waals surface area (Å²) >= 11 is 0. The molecule has 1 N–H and O–H groups in total. The number of pyridine rings is 1. The lowest BCUT2D eigenvalue weighted by Crippen LogP contribution is -2.01. The lowest BCUT2D eigenvalue weighted by molar-refractivity contribution is 0.346.